The van der Waals surface area contributed by atoms with Crippen LogP contribution < -0.4 is 16.2 Å². The van der Waals surface area contributed by atoms with Gasteiger partial charge in [-0.3, -0.25) is 10.4 Å². The number of rotatable bonds is 6. The summed E-state index contributed by atoms with van der Waals surface area (Å²) in [6.45, 7) is 0.841. The van der Waals surface area contributed by atoms with Crippen LogP contribution in [0.15, 0.2) is 59.1 Å². The summed E-state index contributed by atoms with van der Waals surface area (Å²) in [6.07, 6.45) is 1.71. The van der Waals surface area contributed by atoms with E-state index in [1.807, 2.05) is 18.2 Å². The number of hydrogen-bond donors (Lipinski definition) is 3. The van der Waals surface area contributed by atoms with Gasteiger partial charge in [0.15, 0.2) is 5.11 Å². The molecule has 134 valence electrons. The monoisotopic (exact) mass is 374 g/mol. The molecule has 0 amide bonds. The van der Waals surface area contributed by atoms with Crippen LogP contribution >= 0.6 is 12.2 Å². The van der Waals surface area contributed by atoms with E-state index in [1.165, 1.54) is 12.1 Å². The Morgan fingerprint density at radius 1 is 1.04 bits per heavy atom. The summed E-state index contributed by atoms with van der Waals surface area (Å²) in [5.41, 5.74) is 6.95. The smallest absolute Gasteiger partial charge is 0.181 e. The third kappa shape index (κ3) is 5.08. The summed E-state index contributed by atoms with van der Waals surface area (Å²) in [6, 6.07) is 12.3. The Hall–Kier alpha value is -2.84. The number of hydrogen-bond acceptors (Lipinski definition) is 4. The van der Waals surface area contributed by atoms with Gasteiger partial charge in [0, 0.05) is 17.8 Å². The van der Waals surface area contributed by atoms with Crippen LogP contribution in [0.5, 0.6) is 0 Å². The molecule has 3 aromatic rings. The maximum absolute atomic E-state index is 13.3. The summed E-state index contributed by atoms with van der Waals surface area (Å²) < 4.78 is 32.1. The van der Waals surface area contributed by atoms with Crippen molar-refractivity contribution in [3.05, 3.63) is 77.8 Å². The maximum Gasteiger partial charge on any atom is 0.181 e. The summed E-state index contributed by atoms with van der Waals surface area (Å²) in [5.74, 6) is -0.329. The SMILES string of the molecule is Fc1cc(F)cc(-c2ccc(CNNC(=S)NCc3ccccn3)o2)c1. The molecule has 0 aliphatic heterocycles. The first-order valence-corrected chi connectivity index (χ1v) is 8.23. The third-order valence-electron chi connectivity index (χ3n) is 3.43. The lowest BCUT2D eigenvalue weighted by atomic mass is 10.1. The van der Waals surface area contributed by atoms with Crippen LogP contribution in [0.4, 0.5) is 8.78 Å². The lowest BCUT2D eigenvalue weighted by Crippen LogP contribution is -2.43. The zero-order valence-electron chi connectivity index (χ0n) is 13.6. The van der Waals surface area contributed by atoms with Crippen molar-refractivity contribution in [2.75, 3.05) is 0 Å². The number of hydrazine groups is 1. The number of halogens is 2. The quantitative estimate of drug-likeness (QED) is 0.455. The molecule has 0 fully saturated rings. The Balaban J connectivity index is 1.47. The average Bonchev–Trinajstić information content (AvgIpc) is 3.09. The molecule has 0 saturated heterocycles. The predicted molar refractivity (Wildman–Crippen MR) is 97.7 cm³/mol. The molecule has 2 heterocycles. The molecule has 1 aromatic carbocycles. The van der Waals surface area contributed by atoms with Gasteiger partial charge < -0.3 is 9.73 Å². The molecule has 0 spiro atoms. The highest BCUT2D eigenvalue weighted by molar-refractivity contribution is 7.80. The van der Waals surface area contributed by atoms with E-state index in [2.05, 4.69) is 21.2 Å². The molecular weight excluding hydrogens is 358 g/mol. The molecule has 0 bridgehead atoms. The largest absolute Gasteiger partial charge is 0.460 e. The lowest BCUT2D eigenvalue weighted by molar-refractivity contribution is 0.483. The molecule has 0 aliphatic carbocycles. The highest BCUT2D eigenvalue weighted by Gasteiger charge is 2.08. The Labute approximate surface area is 154 Å². The second-order valence-corrected chi connectivity index (χ2v) is 5.81. The third-order valence-corrected chi connectivity index (χ3v) is 3.68. The summed E-state index contributed by atoms with van der Waals surface area (Å²) in [4.78, 5) is 4.18. The number of nitrogens with zero attached hydrogens (tertiary/aromatic N) is 1. The highest BCUT2D eigenvalue weighted by Crippen LogP contribution is 2.23. The van der Waals surface area contributed by atoms with Crippen LogP contribution in [0.25, 0.3) is 11.3 Å². The van der Waals surface area contributed by atoms with E-state index < -0.39 is 11.6 Å². The summed E-state index contributed by atoms with van der Waals surface area (Å²) in [7, 11) is 0. The van der Waals surface area contributed by atoms with E-state index in [-0.39, 0.29) is 0 Å². The van der Waals surface area contributed by atoms with Crippen LogP contribution in [0, 0.1) is 11.6 Å². The van der Waals surface area contributed by atoms with Gasteiger partial charge in [0.05, 0.1) is 18.8 Å². The van der Waals surface area contributed by atoms with Crippen molar-refractivity contribution in [1.82, 2.24) is 21.2 Å². The molecular formula is C18H16F2N4OS. The molecule has 0 aliphatic rings. The van der Waals surface area contributed by atoms with Crippen molar-refractivity contribution in [2.45, 2.75) is 13.1 Å². The fourth-order valence-corrected chi connectivity index (χ4v) is 2.40. The van der Waals surface area contributed by atoms with E-state index in [4.69, 9.17) is 16.6 Å². The van der Waals surface area contributed by atoms with Crippen molar-refractivity contribution in [3.63, 3.8) is 0 Å². The van der Waals surface area contributed by atoms with Crippen LogP contribution in [0.2, 0.25) is 0 Å². The maximum atomic E-state index is 13.3. The zero-order chi connectivity index (χ0) is 18.4. The molecule has 0 atom stereocenters. The normalized spacial score (nSPS) is 10.5. The number of thiocarbonyl (C=S) groups is 1. The summed E-state index contributed by atoms with van der Waals surface area (Å²) >= 11 is 5.15. The molecule has 0 unspecified atom stereocenters. The van der Waals surface area contributed by atoms with Gasteiger partial charge in [-0.1, -0.05) is 6.07 Å². The molecule has 3 N–H and O–H groups in total. The standard InChI is InChI=1S/C18H16F2N4OS/c19-13-7-12(8-14(20)9-13)17-5-4-16(25-17)11-23-24-18(26)22-10-15-3-1-2-6-21-15/h1-9,23H,10-11H2,(H2,22,24,26). The fraction of sp³-hybridized carbons (Fsp3) is 0.111. The summed E-state index contributed by atoms with van der Waals surface area (Å²) in [5, 5.41) is 3.42. The van der Waals surface area contributed by atoms with Crippen molar-refractivity contribution in [2.24, 2.45) is 0 Å². The molecule has 0 saturated carbocycles. The second-order valence-electron chi connectivity index (χ2n) is 5.41. The van der Waals surface area contributed by atoms with Gasteiger partial charge >= 0.3 is 0 Å². The Morgan fingerprint density at radius 3 is 2.58 bits per heavy atom. The van der Waals surface area contributed by atoms with E-state index in [1.54, 1.807) is 18.3 Å². The van der Waals surface area contributed by atoms with E-state index >= 15 is 0 Å². The number of aromatic nitrogens is 1. The number of furan rings is 1. The first kappa shape index (κ1) is 18.0. The van der Waals surface area contributed by atoms with E-state index in [0.717, 1.165) is 11.8 Å². The second kappa shape index (κ2) is 8.50. The van der Waals surface area contributed by atoms with Gasteiger partial charge in [0.1, 0.15) is 23.2 Å². The van der Waals surface area contributed by atoms with Gasteiger partial charge in [0.2, 0.25) is 0 Å². The minimum atomic E-state index is -0.651. The van der Waals surface area contributed by atoms with Gasteiger partial charge in [-0.15, -0.1) is 0 Å². The number of nitrogens with one attached hydrogen (secondary N) is 3. The molecule has 3 rings (SSSR count). The minimum Gasteiger partial charge on any atom is -0.460 e. The van der Waals surface area contributed by atoms with Crippen LogP contribution in [-0.2, 0) is 13.1 Å². The van der Waals surface area contributed by atoms with Gasteiger partial charge in [-0.05, 0) is 48.6 Å². The molecule has 8 heteroatoms. The van der Waals surface area contributed by atoms with Crippen LogP contribution in [-0.4, -0.2) is 10.1 Å². The van der Waals surface area contributed by atoms with Gasteiger partial charge in [-0.2, -0.15) is 0 Å². The van der Waals surface area contributed by atoms with E-state index in [9.17, 15) is 8.78 Å². The topological polar surface area (TPSA) is 62.1 Å². The van der Waals surface area contributed by atoms with Gasteiger partial charge in [0.25, 0.3) is 0 Å². The Morgan fingerprint density at radius 2 is 1.85 bits per heavy atom. The zero-order valence-corrected chi connectivity index (χ0v) is 14.4. The highest BCUT2D eigenvalue weighted by atomic mass is 32.1. The van der Waals surface area contributed by atoms with Crippen molar-refractivity contribution < 1.29 is 13.2 Å². The first-order chi connectivity index (χ1) is 12.6. The van der Waals surface area contributed by atoms with E-state index in [0.29, 0.717) is 35.3 Å². The first-order valence-electron chi connectivity index (χ1n) is 7.82. The Bertz CT molecular complexity index is 866. The van der Waals surface area contributed by atoms with Crippen molar-refractivity contribution in [3.8, 4) is 11.3 Å². The van der Waals surface area contributed by atoms with Crippen molar-refractivity contribution >= 4 is 17.3 Å². The molecule has 26 heavy (non-hydrogen) atoms. The molecule has 0 radical (unpaired) electrons. The minimum absolute atomic E-state index is 0.337. The number of pyridine rings is 1. The molecule has 2 aromatic heterocycles. The average molecular weight is 374 g/mol. The number of benzene rings is 1. The molecule has 5 nitrogen and oxygen atoms in total. The lowest BCUT2D eigenvalue weighted by Gasteiger charge is -2.10. The van der Waals surface area contributed by atoms with Gasteiger partial charge in [-0.25, -0.2) is 14.2 Å². The van der Waals surface area contributed by atoms with Crippen LogP contribution in [0.1, 0.15) is 11.5 Å². The van der Waals surface area contributed by atoms with Crippen LogP contribution in [0.3, 0.4) is 0 Å². The van der Waals surface area contributed by atoms with Crippen molar-refractivity contribution in [1.29, 1.82) is 0 Å². The fourth-order valence-electron chi connectivity index (χ4n) is 2.25. The Kier molecular flexibility index (Phi) is 5.88. The predicted octanol–water partition coefficient (Wildman–Crippen LogP) is 3.29.